The molecule has 2 aromatic carbocycles. The van der Waals surface area contributed by atoms with E-state index in [0.717, 1.165) is 37.1 Å². The number of aromatic amines is 1. The van der Waals surface area contributed by atoms with Gasteiger partial charge in [-0.15, -0.1) is 0 Å². The summed E-state index contributed by atoms with van der Waals surface area (Å²) in [7, 11) is 0. The molecule has 0 radical (unpaired) electrons. The van der Waals surface area contributed by atoms with Gasteiger partial charge in [0.15, 0.2) is 0 Å². The number of benzene rings is 2. The first-order valence-electron chi connectivity index (χ1n) is 7.83. The van der Waals surface area contributed by atoms with E-state index >= 15 is 0 Å². The number of H-pyrrole nitrogens is 1. The Morgan fingerprint density at radius 3 is 2.68 bits per heavy atom. The lowest BCUT2D eigenvalue weighted by molar-refractivity contribution is 0.311. The summed E-state index contributed by atoms with van der Waals surface area (Å²) in [5, 5.41) is 1.21. The summed E-state index contributed by atoms with van der Waals surface area (Å²) >= 11 is 0. The van der Waals surface area contributed by atoms with Crippen LogP contribution in [-0.4, -0.2) is 18.1 Å². The van der Waals surface area contributed by atoms with Crippen LogP contribution in [0.4, 0.5) is 0 Å². The van der Waals surface area contributed by atoms with Gasteiger partial charge in [0.2, 0.25) is 0 Å². The zero-order valence-electron chi connectivity index (χ0n) is 12.7. The molecule has 0 amide bonds. The number of aryl methyl sites for hydroxylation is 1. The van der Waals surface area contributed by atoms with Crippen LogP contribution in [0.2, 0.25) is 0 Å². The van der Waals surface area contributed by atoms with Gasteiger partial charge in [-0.2, -0.15) is 0 Å². The molecule has 0 atom stereocenters. The average molecular weight is 294 g/mol. The van der Waals surface area contributed by atoms with Crippen molar-refractivity contribution in [3.63, 3.8) is 0 Å². The lowest BCUT2D eigenvalue weighted by Crippen LogP contribution is -2.02. The third-order valence-electron chi connectivity index (χ3n) is 3.87. The van der Waals surface area contributed by atoms with Crippen LogP contribution in [0.25, 0.3) is 10.9 Å². The summed E-state index contributed by atoms with van der Waals surface area (Å²) in [5.41, 5.74) is 9.41. The van der Waals surface area contributed by atoms with Crippen LogP contribution in [0.5, 0.6) is 5.75 Å². The van der Waals surface area contributed by atoms with Crippen molar-refractivity contribution in [2.75, 3.05) is 13.2 Å². The van der Waals surface area contributed by atoms with Crippen molar-refractivity contribution >= 4 is 10.9 Å². The van der Waals surface area contributed by atoms with Crippen LogP contribution in [-0.2, 0) is 12.8 Å². The van der Waals surface area contributed by atoms with Gasteiger partial charge in [0.25, 0.3) is 0 Å². The number of rotatable bonds is 7. The molecule has 1 heterocycles. The first kappa shape index (κ1) is 14.7. The summed E-state index contributed by atoms with van der Waals surface area (Å²) in [6.45, 7) is 1.39. The highest BCUT2D eigenvalue weighted by Gasteiger charge is 2.04. The Bertz CT molecular complexity index is 719. The zero-order chi connectivity index (χ0) is 15.2. The fourth-order valence-electron chi connectivity index (χ4n) is 2.72. The second-order valence-electron chi connectivity index (χ2n) is 5.50. The number of hydrogen-bond donors (Lipinski definition) is 2. The lowest BCUT2D eigenvalue weighted by atomic mass is 10.1. The number of nitrogens with one attached hydrogen (secondary N) is 1. The van der Waals surface area contributed by atoms with E-state index in [1.807, 2.05) is 18.3 Å². The van der Waals surface area contributed by atoms with Gasteiger partial charge in [0.05, 0.1) is 6.61 Å². The minimum atomic E-state index is 0.662. The second-order valence-corrected chi connectivity index (χ2v) is 5.50. The Hall–Kier alpha value is -2.26. The van der Waals surface area contributed by atoms with Gasteiger partial charge in [-0.05, 0) is 55.1 Å². The molecule has 1 aromatic heterocycles. The van der Waals surface area contributed by atoms with Gasteiger partial charge in [-0.1, -0.05) is 30.3 Å². The minimum absolute atomic E-state index is 0.662. The van der Waals surface area contributed by atoms with Crippen molar-refractivity contribution in [1.82, 2.24) is 4.98 Å². The second kappa shape index (κ2) is 7.14. The normalized spacial score (nSPS) is 11.0. The first-order valence-corrected chi connectivity index (χ1v) is 7.83. The minimum Gasteiger partial charge on any atom is -0.494 e. The summed E-state index contributed by atoms with van der Waals surface area (Å²) in [4.78, 5) is 3.28. The van der Waals surface area contributed by atoms with Gasteiger partial charge in [-0.25, -0.2) is 0 Å². The van der Waals surface area contributed by atoms with Crippen molar-refractivity contribution < 1.29 is 4.74 Å². The largest absolute Gasteiger partial charge is 0.494 e. The zero-order valence-corrected chi connectivity index (χ0v) is 12.7. The van der Waals surface area contributed by atoms with E-state index in [2.05, 4.69) is 41.4 Å². The summed E-state index contributed by atoms with van der Waals surface area (Å²) in [6, 6.07) is 16.7. The Morgan fingerprint density at radius 1 is 1.00 bits per heavy atom. The van der Waals surface area contributed by atoms with Gasteiger partial charge in [0, 0.05) is 17.1 Å². The van der Waals surface area contributed by atoms with Crippen LogP contribution in [0.1, 0.15) is 17.5 Å². The number of fused-ring (bicyclic) bond motifs is 1. The van der Waals surface area contributed by atoms with Crippen LogP contribution in [0.3, 0.4) is 0 Å². The number of nitrogens with two attached hydrogens (primary N) is 1. The smallest absolute Gasteiger partial charge is 0.120 e. The van der Waals surface area contributed by atoms with E-state index in [0.29, 0.717) is 6.54 Å². The van der Waals surface area contributed by atoms with Gasteiger partial charge < -0.3 is 15.5 Å². The highest BCUT2D eigenvalue weighted by Crippen LogP contribution is 2.24. The molecule has 0 spiro atoms. The maximum atomic E-state index is 5.89. The average Bonchev–Trinajstić information content (AvgIpc) is 2.96. The third-order valence-corrected chi connectivity index (χ3v) is 3.87. The quantitative estimate of drug-likeness (QED) is 0.653. The molecular formula is C19H22N2O. The number of ether oxygens (including phenoxy) is 1. The molecule has 0 aliphatic heterocycles. The van der Waals surface area contributed by atoms with Crippen molar-refractivity contribution in [3.8, 4) is 5.75 Å². The van der Waals surface area contributed by atoms with E-state index < -0.39 is 0 Å². The molecule has 114 valence electrons. The summed E-state index contributed by atoms with van der Waals surface area (Å²) < 4.78 is 5.89. The maximum absolute atomic E-state index is 5.89. The molecule has 0 saturated heterocycles. The first-order chi connectivity index (χ1) is 10.9. The molecule has 3 rings (SSSR count). The van der Waals surface area contributed by atoms with E-state index in [-0.39, 0.29) is 0 Å². The van der Waals surface area contributed by atoms with Crippen molar-refractivity contribution in [2.45, 2.75) is 19.3 Å². The fourth-order valence-corrected chi connectivity index (χ4v) is 2.72. The van der Waals surface area contributed by atoms with E-state index in [1.165, 1.54) is 16.5 Å². The number of hydrogen-bond acceptors (Lipinski definition) is 2. The topological polar surface area (TPSA) is 51.0 Å². The number of aromatic nitrogens is 1. The molecule has 3 aromatic rings. The SMILES string of the molecule is NCCc1c[nH]c2ccc(OCCCc3ccccc3)cc12. The molecule has 0 fully saturated rings. The standard InChI is InChI=1S/C19H22N2O/c20-11-10-16-14-21-19-9-8-17(13-18(16)19)22-12-4-7-15-5-2-1-3-6-15/h1-3,5-6,8-9,13-14,21H,4,7,10-12,20H2. The molecular weight excluding hydrogens is 272 g/mol. The molecule has 3 heteroatoms. The Kier molecular flexibility index (Phi) is 4.76. The highest BCUT2D eigenvalue weighted by molar-refractivity contribution is 5.84. The third kappa shape index (κ3) is 3.49. The Labute approximate surface area is 131 Å². The summed E-state index contributed by atoms with van der Waals surface area (Å²) in [5.74, 6) is 0.929. The molecule has 0 aliphatic carbocycles. The molecule has 0 saturated carbocycles. The predicted molar refractivity (Wildman–Crippen MR) is 91.3 cm³/mol. The van der Waals surface area contributed by atoms with E-state index in [4.69, 9.17) is 10.5 Å². The molecule has 0 aliphatic rings. The fraction of sp³-hybridized carbons (Fsp3) is 0.263. The van der Waals surface area contributed by atoms with Crippen molar-refractivity contribution in [1.29, 1.82) is 0 Å². The van der Waals surface area contributed by atoms with Crippen LogP contribution >= 0.6 is 0 Å². The molecule has 3 nitrogen and oxygen atoms in total. The Morgan fingerprint density at radius 2 is 1.86 bits per heavy atom. The van der Waals surface area contributed by atoms with Crippen LogP contribution in [0.15, 0.2) is 54.7 Å². The molecule has 0 bridgehead atoms. The lowest BCUT2D eigenvalue weighted by Gasteiger charge is -2.07. The monoisotopic (exact) mass is 294 g/mol. The maximum Gasteiger partial charge on any atom is 0.120 e. The van der Waals surface area contributed by atoms with E-state index in [9.17, 15) is 0 Å². The molecule has 3 N–H and O–H groups in total. The van der Waals surface area contributed by atoms with Crippen molar-refractivity contribution in [3.05, 3.63) is 65.9 Å². The predicted octanol–water partition coefficient (Wildman–Crippen LogP) is 3.68. The van der Waals surface area contributed by atoms with Crippen LogP contribution in [0, 0.1) is 0 Å². The Balaban J connectivity index is 1.58. The van der Waals surface area contributed by atoms with Crippen molar-refractivity contribution in [2.24, 2.45) is 5.73 Å². The highest BCUT2D eigenvalue weighted by atomic mass is 16.5. The molecule has 0 unspecified atom stereocenters. The molecule has 22 heavy (non-hydrogen) atoms. The van der Waals surface area contributed by atoms with Crippen LogP contribution < -0.4 is 10.5 Å². The van der Waals surface area contributed by atoms with Gasteiger partial charge in [0.1, 0.15) is 5.75 Å². The van der Waals surface area contributed by atoms with E-state index in [1.54, 1.807) is 0 Å². The van der Waals surface area contributed by atoms with Gasteiger partial charge in [-0.3, -0.25) is 0 Å². The van der Waals surface area contributed by atoms with Gasteiger partial charge >= 0.3 is 0 Å². The summed E-state index contributed by atoms with van der Waals surface area (Å²) in [6.07, 6.45) is 4.99.